The van der Waals surface area contributed by atoms with E-state index in [9.17, 15) is 4.79 Å². The molecular weight excluding hydrogens is 350 g/mol. The summed E-state index contributed by atoms with van der Waals surface area (Å²) >= 11 is 0. The van der Waals surface area contributed by atoms with Crippen LogP contribution in [0, 0.1) is 6.92 Å². The minimum atomic E-state index is -0.0508. The number of amides is 1. The summed E-state index contributed by atoms with van der Waals surface area (Å²) in [7, 11) is 1.87. The van der Waals surface area contributed by atoms with Crippen molar-refractivity contribution in [3.05, 3.63) is 47.7 Å². The Morgan fingerprint density at radius 3 is 2.71 bits per heavy atom. The van der Waals surface area contributed by atoms with E-state index in [0.717, 1.165) is 53.8 Å². The van der Waals surface area contributed by atoms with Gasteiger partial charge in [-0.3, -0.25) is 9.48 Å². The average Bonchev–Trinajstić information content (AvgIpc) is 3.01. The van der Waals surface area contributed by atoms with Crippen molar-refractivity contribution in [2.24, 2.45) is 12.8 Å². The zero-order chi connectivity index (χ0) is 19.8. The minimum Gasteiger partial charge on any atom is -0.334 e. The molecule has 0 saturated carbocycles. The number of piperidine rings is 1. The number of aryl methyl sites for hydroxylation is 2. The monoisotopic (exact) mass is 377 g/mol. The Kier molecular flexibility index (Phi) is 4.89. The molecule has 1 amide bonds. The fourth-order valence-corrected chi connectivity index (χ4v) is 4.28. The molecule has 2 N–H and O–H groups in total. The number of carbonyl (C=O) groups excluding carboxylic acids is 1. The largest absolute Gasteiger partial charge is 0.334 e. The fourth-order valence-electron chi connectivity index (χ4n) is 4.28. The number of hydrogen-bond donors (Lipinski definition) is 1. The molecule has 2 unspecified atom stereocenters. The van der Waals surface area contributed by atoms with E-state index in [1.807, 2.05) is 62.2 Å². The Labute approximate surface area is 165 Å². The van der Waals surface area contributed by atoms with Crippen LogP contribution in [0.4, 0.5) is 0 Å². The van der Waals surface area contributed by atoms with Crippen molar-refractivity contribution in [3.8, 4) is 11.3 Å². The Hall–Kier alpha value is -2.73. The topological polar surface area (TPSA) is 77.0 Å². The van der Waals surface area contributed by atoms with Gasteiger partial charge in [-0.1, -0.05) is 30.3 Å². The van der Waals surface area contributed by atoms with Gasteiger partial charge < -0.3 is 10.6 Å². The lowest BCUT2D eigenvalue weighted by Gasteiger charge is -2.38. The van der Waals surface area contributed by atoms with Crippen LogP contribution in [-0.2, 0) is 7.05 Å². The maximum absolute atomic E-state index is 13.7. The third-order valence-corrected chi connectivity index (χ3v) is 5.69. The number of likely N-dealkylation sites (tertiary alicyclic amines) is 1. The zero-order valence-electron chi connectivity index (χ0n) is 16.7. The van der Waals surface area contributed by atoms with Crippen LogP contribution in [-0.4, -0.2) is 44.2 Å². The van der Waals surface area contributed by atoms with Gasteiger partial charge in [-0.15, -0.1) is 0 Å². The van der Waals surface area contributed by atoms with Crippen molar-refractivity contribution >= 4 is 16.9 Å². The Bertz CT molecular complexity index is 1010. The molecule has 3 aromatic rings. The van der Waals surface area contributed by atoms with Gasteiger partial charge in [0.25, 0.3) is 5.91 Å². The number of fused-ring (bicyclic) bond motifs is 1. The van der Waals surface area contributed by atoms with Crippen LogP contribution in [0.1, 0.15) is 42.2 Å². The maximum atomic E-state index is 13.7. The summed E-state index contributed by atoms with van der Waals surface area (Å²) in [5.74, 6) is 0.0303. The van der Waals surface area contributed by atoms with E-state index in [-0.39, 0.29) is 18.0 Å². The van der Waals surface area contributed by atoms with E-state index >= 15 is 0 Å². The van der Waals surface area contributed by atoms with Crippen LogP contribution < -0.4 is 5.73 Å². The van der Waals surface area contributed by atoms with Gasteiger partial charge in [0.2, 0.25) is 0 Å². The summed E-state index contributed by atoms with van der Waals surface area (Å²) in [5, 5.41) is 5.36. The zero-order valence-corrected chi connectivity index (χ0v) is 16.7. The highest BCUT2D eigenvalue weighted by Gasteiger charge is 2.32. The van der Waals surface area contributed by atoms with Crippen molar-refractivity contribution in [1.82, 2.24) is 19.7 Å². The van der Waals surface area contributed by atoms with Crippen LogP contribution in [0.2, 0.25) is 0 Å². The van der Waals surface area contributed by atoms with E-state index in [0.29, 0.717) is 5.56 Å². The summed E-state index contributed by atoms with van der Waals surface area (Å²) < 4.78 is 1.76. The molecule has 1 fully saturated rings. The van der Waals surface area contributed by atoms with Gasteiger partial charge in [-0.05, 0) is 39.2 Å². The number of pyridine rings is 1. The molecule has 2 atom stereocenters. The highest BCUT2D eigenvalue weighted by molar-refractivity contribution is 6.07. The van der Waals surface area contributed by atoms with Gasteiger partial charge in [0, 0.05) is 31.2 Å². The summed E-state index contributed by atoms with van der Waals surface area (Å²) in [5.41, 5.74) is 10.2. The lowest BCUT2D eigenvalue weighted by molar-refractivity contribution is 0.0586. The molecule has 0 spiro atoms. The molecular formula is C22H27N5O. The number of rotatable bonds is 3. The van der Waals surface area contributed by atoms with E-state index in [1.165, 1.54) is 0 Å². The summed E-state index contributed by atoms with van der Waals surface area (Å²) in [6.45, 7) is 4.67. The van der Waals surface area contributed by atoms with Crippen LogP contribution in [0.5, 0.6) is 0 Å². The molecule has 1 aromatic carbocycles. The van der Waals surface area contributed by atoms with Crippen molar-refractivity contribution in [3.63, 3.8) is 0 Å². The van der Waals surface area contributed by atoms with Gasteiger partial charge >= 0.3 is 0 Å². The normalized spacial score (nSPS) is 18.4. The molecule has 6 nitrogen and oxygen atoms in total. The van der Waals surface area contributed by atoms with Crippen molar-refractivity contribution in [2.45, 2.75) is 45.2 Å². The molecule has 0 radical (unpaired) electrons. The average molecular weight is 377 g/mol. The second-order valence-electron chi connectivity index (χ2n) is 7.75. The lowest BCUT2D eigenvalue weighted by atomic mass is 9.95. The predicted molar refractivity (Wildman–Crippen MR) is 111 cm³/mol. The number of benzene rings is 1. The van der Waals surface area contributed by atoms with Crippen LogP contribution in [0.3, 0.4) is 0 Å². The summed E-state index contributed by atoms with van der Waals surface area (Å²) in [6, 6.07) is 11.9. The molecule has 2 aromatic heterocycles. The molecule has 1 saturated heterocycles. The molecule has 3 heterocycles. The molecule has 0 bridgehead atoms. The van der Waals surface area contributed by atoms with Gasteiger partial charge in [0.15, 0.2) is 5.65 Å². The van der Waals surface area contributed by atoms with Gasteiger partial charge in [0.1, 0.15) is 0 Å². The van der Waals surface area contributed by atoms with E-state index in [4.69, 9.17) is 10.7 Å². The van der Waals surface area contributed by atoms with E-state index < -0.39 is 0 Å². The first kappa shape index (κ1) is 18.6. The van der Waals surface area contributed by atoms with Gasteiger partial charge in [-0.25, -0.2) is 4.98 Å². The number of aromatic nitrogens is 3. The van der Waals surface area contributed by atoms with Crippen molar-refractivity contribution in [2.75, 3.05) is 6.54 Å². The third-order valence-electron chi connectivity index (χ3n) is 5.69. The number of nitrogens with zero attached hydrogens (tertiary/aromatic N) is 4. The van der Waals surface area contributed by atoms with Crippen LogP contribution in [0.15, 0.2) is 36.4 Å². The predicted octanol–water partition coefficient (Wildman–Crippen LogP) is 3.29. The third kappa shape index (κ3) is 3.18. The molecule has 0 aliphatic carbocycles. The summed E-state index contributed by atoms with van der Waals surface area (Å²) in [4.78, 5) is 20.5. The standard InChI is InChI=1S/C22H27N5O/c1-14(23)19-11-7-8-12-27(19)22(28)17-13-18(16-9-5-4-6-10-16)24-21-20(17)15(2)25-26(21)3/h4-6,9-10,13-14,19H,7-8,11-12,23H2,1-3H3. The highest BCUT2D eigenvalue weighted by Crippen LogP contribution is 2.30. The van der Waals surface area contributed by atoms with E-state index in [2.05, 4.69) is 5.10 Å². The van der Waals surface area contributed by atoms with E-state index in [1.54, 1.807) is 4.68 Å². The number of carbonyl (C=O) groups is 1. The first-order valence-corrected chi connectivity index (χ1v) is 9.93. The molecule has 1 aliphatic rings. The number of nitrogens with two attached hydrogens (primary N) is 1. The fraction of sp³-hybridized carbons (Fsp3) is 0.409. The Morgan fingerprint density at radius 1 is 1.25 bits per heavy atom. The quantitative estimate of drug-likeness (QED) is 0.760. The van der Waals surface area contributed by atoms with Crippen molar-refractivity contribution in [1.29, 1.82) is 0 Å². The van der Waals surface area contributed by atoms with Crippen LogP contribution >= 0.6 is 0 Å². The van der Waals surface area contributed by atoms with Crippen molar-refractivity contribution < 1.29 is 4.79 Å². The molecule has 4 rings (SSSR count). The SMILES string of the molecule is Cc1nn(C)c2nc(-c3ccccc3)cc(C(=O)N3CCCCC3C(C)N)c12. The van der Waals surface area contributed by atoms with Gasteiger partial charge in [0.05, 0.1) is 22.3 Å². The first-order chi connectivity index (χ1) is 13.5. The molecule has 28 heavy (non-hydrogen) atoms. The maximum Gasteiger partial charge on any atom is 0.255 e. The highest BCUT2D eigenvalue weighted by atomic mass is 16.2. The molecule has 1 aliphatic heterocycles. The van der Waals surface area contributed by atoms with Gasteiger partial charge in [-0.2, -0.15) is 5.10 Å². The molecule has 6 heteroatoms. The Morgan fingerprint density at radius 2 is 2.00 bits per heavy atom. The smallest absolute Gasteiger partial charge is 0.255 e. The summed E-state index contributed by atoms with van der Waals surface area (Å²) in [6.07, 6.45) is 3.08. The first-order valence-electron chi connectivity index (χ1n) is 9.93. The Balaban J connectivity index is 1.88. The second kappa shape index (κ2) is 7.36. The number of hydrogen-bond acceptors (Lipinski definition) is 4. The second-order valence-corrected chi connectivity index (χ2v) is 7.75. The minimum absolute atomic E-state index is 0.0303. The van der Waals surface area contributed by atoms with Crippen LogP contribution in [0.25, 0.3) is 22.3 Å². The molecule has 146 valence electrons. The lowest BCUT2D eigenvalue weighted by Crippen LogP contribution is -2.51.